The first-order valence-electron chi connectivity index (χ1n) is 8.72. The Balaban J connectivity index is 0. The zero-order chi connectivity index (χ0) is 21.2. The molecule has 0 fully saturated rings. The van der Waals surface area contributed by atoms with E-state index in [1.54, 1.807) is 32.9 Å². The fourth-order valence-corrected chi connectivity index (χ4v) is 3.59. The van der Waals surface area contributed by atoms with Gasteiger partial charge >= 0.3 is 65.1 Å². The van der Waals surface area contributed by atoms with Crippen molar-refractivity contribution < 1.29 is 93.9 Å². The Morgan fingerprint density at radius 3 is 2.06 bits per heavy atom. The summed E-state index contributed by atoms with van der Waals surface area (Å²) in [4.78, 5) is 37.9. The van der Waals surface area contributed by atoms with Crippen LogP contribution in [0.25, 0.3) is 0 Å². The van der Waals surface area contributed by atoms with Crippen LogP contribution < -0.4 is 69.3 Å². The number of carboxylic acid groups (broad SMARTS) is 2. The normalized spacial score (nSPS) is 15.5. The largest absolute Gasteiger partial charge is 1.00 e. The van der Waals surface area contributed by atoms with Gasteiger partial charge in [-0.25, -0.2) is 4.79 Å². The Hall–Kier alpha value is -0.840. The number of hydrogen-bond donors (Lipinski definition) is 0. The number of rotatable bonds is 6. The molecule has 1 aliphatic rings. The molecule has 1 unspecified atom stereocenters. The van der Waals surface area contributed by atoms with Gasteiger partial charge in [0.1, 0.15) is 0 Å². The van der Waals surface area contributed by atoms with Crippen LogP contribution in [0.3, 0.4) is 0 Å². The Labute approximate surface area is 230 Å². The summed E-state index contributed by atoms with van der Waals surface area (Å²) in [5.41, 5.74) is -0.662. The van der Waals surface area contributed by atoms with E-state index in [4.69, 9.17) is 16.3 Å². The Morgan fingerprint density at radius 1 is 1.10 bits per heavy atom. The summed E-state index contributed by atoms with van der Waals surface area (Å²) in [7, 11) is 0. The summed E-state index contributed by atoms with van der Waals surface area (Å²) in [5.74, 6) is -5.45. The monoisotopic (exact) mass is 469 g/mol. The molecule has 0 amide bonds. The van der Waals surface area contributed by atoms with Crippen LogP contribution in [0.15, 0.2) is 46.8 Å². The van der Waals surface area contributed by atoms with Crippen molar-refractivity contribution in [3.8, 4) is 0 Å². The smallest absolute Gasteiger partial charge is 0.545 e. The minimum Gasteiger partial charge on any atom is -0.545 e. The molecule has 1 aromatic rings. The Morgan fingerprint density at radius 2 is 1.65 bits per heavy atom. The second-order valence-corrected chi connectivity index (χ2v) is 6.90. The van der Waals surface area contributed by atoms with E-state index in [0.717, 1.165) is 0 Å². The summed E-state index contributed by atoms with van der Waals surface area (Å²) in [6.07, 6.45) is -0.465. The van der Waals surface area contributed by atoms with Crippen LogP contribution in [0.4, 0.5) is 0 Å². The maximum atomic E-state index is 12.9. The molecule has 2 rings (SSSR count). The molecule has 8 nitrogen and oxygen atoms in total. The molecule has 31 heavy (non-hydrogen) atoms. The fourth-order valence-electron chi connectivity index (χ4n) is 3.34. The van der Waals surface area contributed by atoms with E-state index in [2.05, 4.69) is 0 Å². The fraction of sp³-hybridized carbons (Fsp3) is 0.350. The van der Waals surface area contributed by atoms with Crippen LogP contribution in [0.5, 0.6) is 0 Å². The molecule has 0 spiro atoms. The topological polar surface area (TPSA) is 141 Å². The van der Waals surface area contributed by atoms with Crippen molar-refractivity contribution in [3.05, 3.63) is 57.4 Å². The van der Waals surface area contributed by atoms with Crippen LogP contribution in [0.2, 0.25) is 5.02 Å². The number of esters is 1. The summed E-state index contributed by atoms with van der Waals surface area (Å²) in [6, 6.07) is 6.30. The molecule has 158 valence electrons. The van der Waals surface area contributed by atoms with E-state index in [-0.39, 0.29) is 93.0 Å². The summed E-state index contributed by atoms with van der Waals surface area (Å²) >= 11 is 6.26. The number of aliphatic carboxylic acids is 2. The number of likely N-dealkylation sites (N-methyl/N-ethyl adjacent to an activating group) is 1. The van der Waals surface area contributed by atoms with Crippen molar-refractivity contribution in [2.24, 2.45) is 0 Å². The number of nitrogens with zero attached hydrogens (tertiary/aromatic N) is 1. The molecular formula is C20H22ClNNa2O7. The first-order chi connectivity index (χ1) is 13.1. The average Bonchev–Trinajstić information content (AvgIpc) is 2.59. The van der Waals surface area contributed by atoms with Crippen molar-refractivity contribution in [1.82, 2.24) is 4.90 Å². The van der Waals surface area contributed by atoms with Gasteiger partial charge in [0.25, 0.3) is 0 Å². The minimum atomic E-state index is -1.73. The number of benzene rings is 1. The van der Waals surface area contributed by atoms with Crippen molar-refractivity contribution in [2.45, 2.75) is 39.7 Å². The van der Waals surface area contributed by atoms with Crippen molar-refractivity contribution >= 4 is 29.5 Å². The standard InChI is InChI=1S/C20H22ClNO6.2Na.H2O/c1-5-22-11(4)14(20(27)28-10(2)3)15(12-8-6-7-9-13(12)21)16(18(23)24)17(22)19(25)26;;;/h6-10,15H,5H2,1-4H3,(H,23,24)(H,25,26);;;1H2/q;2*+1;/p-2. The third kappa shape index (κ3) is 6.82. The van der Waals surface area contributed by atoms with Crippen LogP contribution in [-0.4, -0.2) is 40.9 Å². The van der Waals surface area contributed by atoms with Gasteiger partial charge < -0.3 is 34.9 Å². The van der Waals surface area contributed by atoms with Crippen molar-refractivity contribution in [2.75, 3.05) is 6.54 Å². The predicted octanol–water partition coefficient (Wildman–Crippen LogP) is -6.08. The van der Waals surface area contributed by atoms with Crippen LogP contribution in [-0.2, 0) is 19.1 Å². The van der Waals surface area contributed by atoms with Gasteiger partial charge in [0, 0.05) is 28.8 Å². The molecule has 0 saturated heterocycles. The molecule has 11 heteroatoms. The molecule has 0 bridgehead atoms. The number of carboxylic acids is 2. The maximum Gasteiger partial charge on any atom is 1.00 e. The minimum absolute atomic E-state index is 0. The maximum absolute atomic E-state index is 12.9. The predicted molar refractivity (Wildman–Crippen MR) is 101 cm³/mol. The van der Waals surface area contributed by atoms with Gasteiger partial charge in [0.15, 0.2) is 0 Å². The summed E-state index contributed by atoms with van der Waals surface area (Å²) < 4.78 is 5.30. The quantitative estimate of drug-likeness (QED) is 0.298. The van der Waals surface area contributed by atoms with Gasteiger partial charge in [0.05, 0.1) is 29.3 Å². The second kappa shape index (κ2) is 13.6. The van der Waals surface area contributed by atoms with E-state index in [1.165, 1.54) is 24.0 Å². The molecule has 1 aromatic carbocycles. The van der Waals surface area contributed by atoms with Crippen LogP contribution >= 0.6 is 11.6 Å². The third-order valence-corrected chi connectivity index (χ3v) is 4.75. The average molecular weight is 470 g/mol. The number of carbonyl (C=O) groups is 3. The summed E-state index contributed by atoms with van der Waals surface area (Å²) in [5, 5.41) is 24.0. The van der Waals surface area contributed by atoms with Gasteiger partial charge in [-0.3, -0.25) is 0 Å². The second-order valence-electron chi connectivity index (χ2n) is 6.49. The van der Waals surface area contributed by atoms with Gasteiger partial charge in [-0.1, -0.05) is 29.8 Å². The van der Waals surface area contributed by atoms with Crippen molar-refractivity contribution in [3.63, 3.8) is 0 Å². The Bertz CT molecular complexity index is 899. The number of carbonyl (C=O) groups excluding carboxylic acids is 3. The van der Waals surface area contributed by atoms with Gasteiger partial charge in [0.2, 0.25) is 0 Å². The molecule has 1 aliphatic heterocycles. The van der Waals surface area contributed by atoms with E-state index in [9.17, 15) is 24.6 Å². The van der Waals surface area contributed by atoms with E-state index < -0.39 is 41.2 Å². The first-order valence-corrected chi connectivity index (χ1v) is 9.10. The molecule has 1 atom stereocenters. The van der Waals surface area contributed by atoms with Gasteiger partial charge in [-0.05, 0) is 39.3 Å². The van der Waals surface area contributed by atoms with Gasteiger partial charge in [-0.2, -0.15) is 0 Å². The zero-order valence-corrected chi connectivity index (χ0v) is 23.2. The third-order valence-electron chi connectivity index (χ3n) is 4.41. The Kier molecular flexibility index (Phi) is 14.2. The van der Waals surface area contributed by atoms with E-state index in [1.807, 2.05) is 0 Å². The molecule has 0 radical (unpaired) electrons. The first kappa shape index (κ1) is 32.3. The van der Waals surface area contributed by atoms with E-state index in [0.29, 0.717) is 0 Å². The van der Waals surface area contributed by atoms with Crippen LogP contribution in [0.1, 0.15) is 39.2 Å². The number of halogens is 1. The molecule has 0 aromatic heterocycles. The number of allylic oxidation sites excluding steroid dienone is 1. The SMILES string of the molecule is CCN1C(C)=C(C(=O)OC(C)C)C(c2ccccc2Cl)C(C(=O)[O-])=C1C(=O)[O-].O.[Na+].[Na+]. The van der Waals surface area contributed by atoms with Gasteiger partial charge in [-0.15, -0.1) is 0 Å². The molecule has 2 N–H and O–H groups in total. The molecule has 0 saturated carbocycles. The van der Waals surface area contributed by atoms with Crippen LogP contribution in [0, 0.1) is 0 Å². The zero-order valence-electron chi connectivity index (χ0n) is 18.4. The van der Waals surface area contributed by atoms with Crippen molar-refractivity contribution in [1.29, 1.82) is 0 Å². The molecule has 1 heterocycles. The number of ether oxygens (including phenoxy) is 1. The van der Waals surface area contributed by atoms with E-state index >= 15 is 0 Å². The summed E-state index contributed by atoms with van der Waals surface area (Å²) in [6.45, 7) is 6.56. The molecular weight excluding hydrogens is 448 g/mol. The molecule has 0 aliphatic carbocycles. The number of hydrogen-bond acceptors (Lipinski definition) is 7.